The number of hydrogen-bond acceptors (Lipinski definition) is 8. The molecule has 1 unspecified atom stereocenters. The molecule has 2 aliphatic rings. The Morgan fingerprint density at radius 2 is 1.95 bits per heavy atom. The molecule has 41 heavy (non-hydrogen) atoms. The minimum absolute atomic E-state index is 0.0726. The molecule has 4 heterocycles. The fraction of sp³-hybridized carbons (Fsp3) is 0.500. The number of likely N-dealkylation sites (tertiary alicyclic amines) is 2. The van der Waals surface area contributed by atoms with Crippen LogP contribution in [0.1, 0.15) is 56.6 Å². The van der Waals surface area contributed by atoms with Gasteiger partial charge in [0.05, 0.1) is 12.1 Å². The standard InChI is InChI=1S/C30H41N9O2/c1-5-26(40)38-13-7-9-22(19-38)28(41)33-24-10-6-8-21(16-24)17-31-30-36-29(34-23-11-14-37(4)15-12-23)35-27-25(20(2)3)18-32-39(27)30/h5-6,8,10,16,18,20,22-23H,1,7,9,11-15,17,19H2,2-4H3,(H,33,41)(H2,31,34,35,36). The molecule has 2 fully saturated rings. The Morgan fingerprint density at radius 3 is 2.71 bits per heavy atom. The van der Waals surface area contributed by atoms with E-state index in [1.807, 2.05) is 30.5 Å². The van der Waals surface area contributed by atoms with E-state index in [-0.39, 0.29) is 23.7 Å². The summed E-state index contributed by atoms with van der Waals surface area (Å²) >= 11 is 0. The lowest BCUT2D eigenvalue weighted by atomic mass is 9.97. The zero-order valence-corrected chi connectivity index (χ0v) is 24.3. The Morgan fingerprint density at radius 1 is 1.15 bits per heavy atom. The number of anilines is 3. The van der Waals surface area contributed by atoms with E-state index in [1.165, 1.54) is 6.08 Å². The maximum atomic E-state index is 13.0. The minimum atomic E-state index is -0.241. The molecule has 0 saturated carbocycles. The van der Waals surface area contributed by atoms with Crippen LogP contribution in [-0.2, 0) is 16.1 Å². The highest BCUT2D eigenvalue weighted by molar-refractivity contribution is 5.94. The van der Waals surface area contributed by atoms with Gasteiger partial charge in [0.25, 0.3) is 0 Å². The van der Waals surface area contributed by atoms with Crippen LogP contribution in [0.5, 0.6) is 0 Å². The van der Waals surface area contributed by atoms with Crippen molar-refractivity contribution in [2.45, 2.75) is 58.0 Å². The van der Waals surface area contributed by atoms with Gasteiger partial charge in [0.2, 0.25) is 23.7 Å². The van der Waals surface area contributed by atoms with E-state index in [4.69, 9.17) is 9.97 Å². The highest BCUT2D eigenvalue weighted by Gasteiger charge is 2.27. The fourth-order valence-corrected chi connectivity index (χ4v) is 5.52. The average molecular weight is 560 g/mol. The van der Waals surface area contributed by atoms with Crippen molar-refractivity contribution >= 4 is 35.0 Å². The summed E-state index contributed by atoms with van der Waals surface area (Å²) in [4.78, 5) is 38.7. The second-order valence-corrected chi connectivity index (χ2v) is 11.5. The summed E-state index contributed by atoms with van der Waals surface area (Å²) in [5, 5.41) is 14.6. The number of rotatable bonds is 9. The van der Waals surface area contributed by atoms with Crippen LogP contribution in [0.25, 0.3) is 5.65 Å². The number of amides is 2. The second-order valence-electron chi connectivity index (χ2n) is 11.5. The molecule has 1 atom stereocenters. The van der Waals surface area contributed by atoms with Crippen molar-refractivity contribution in [3.8, 4) is 0 Å². The van der Waals surface area contributed by atoms with Gasteiger partial charge in [-0.25, -0.2) is 0 Å². The molecule has 11 nitrogen and oxygen atoms in total. The van der Waals surface area contributed by atoms with Crippen LogP contribution < -0.4 is 16.0 Å². The number of hydrogen-bond donors (Lipinski definition) is 3. The molecule has 3 N–H and O–H groups in total. The van der Waals surface area contributed by atoms with Crippen molar-refractivity contribution in [1.82, 2.24) is 29.4 Å². The van der Waals surface area contributed by atoms with E-state index in [2.05, 4.69) is 53.4 Å². The highest BCUT2D eigenvalue weighted by Crippen LogP contribution is 2.24. The molecule has 2 aliphatic heterocycles. The second kappa shape index (κ2) is 12.7. The maximum absolute atomic E-state index is 13.0. The lowest BCUT2D eigenvalue weighted by Gasteiger charge is -2.31. The van der Waals surface area contributed by atoms with E-state index in [9.17, 15) is 9.59 Å². The number of carbonyl (C=O) groups excluding carboxylic acids is 2. The first-order valence-corrected chi connectivity index (χ1v) is 14.6. The molecule has 11 heteroatoms. The Kier molecular flexibility index (Phi) is 8.82. The smallest absolute Gasteiger partial charge is 0.245 e. The summed E-state index contributed by atoms with van der Waals surface area (Å²) < 4.78 is 1.76. The van der Waals surface area contributed by atoms with Gasteiger partial charge in [-0.2, -0.15) is 19.6 Å². The van der Waals surface area contributed by atoms with Crippen LogP contribution >= 0.6 is 0 Å². The first-order valence-electron chi connectivity index (χ1n) is 14.6. The van der Waals surface area contributed by atoms with E-state index < -0.39 is 0 Å². The summed E-state index contributed by atoms with van der Waals surface area (Å²) in [6.45, 7) is 11.5. The number of benzene rings is 1. The molecular weight excluding hydrogens is 518 g/mol. The SMILES string of the molecule is C=CC(=O)N1CCCC(C(=O)Nc2cccc(CNc3nc(NC4CCN(C)CC4)nc4c(C(C)C)cnn34)c2)C1. The molecule has 1 aromatic carbocycles. The molecule has 2 saturated heterocycles. The summed E-state index contributed by atoms with van der Waals surface area (Å²) in [6, 6.07) is 8.10. The van der Waals surface area contributed by atoms with Crippen LogP contribution in [0.2, 0.25) is 0 Å². The van der Waals surface area contributed by atoms with Gasteiger partial charge in [-0.05, 0) is 75.5 Å². The maximum Gasteiger partial charge on any atom is 0.245 e. The quantitative estimate of drug-likeness (QED) is 0.339. The van der Waals surface area contributed by atoms with Crippen molar-refractivity contribution in [2.75, 3.05) is 49.2 Å². The monoisotopic (exact) mass is 559 g/mol. The first-order chi connectivity index (χ1) is 19.8. The van der Waals surface area contributed by atoms with Crippen LogP contribution in [0.15, 0.2) is 43.1 Å². The van der Waals surface area contributed by atoms with Gasteiger partial charge in [0.15, 0.2) is 5.65 Å². The van der Waals surface area contributed by atoms with Gasteiger partial charge in [0.1, 0.15) is 0 Å². The van der Waals surface area contributed by atoms with E-state index >= 15 is 0 Å². The number of nitrogens with one attached hydrogen (secondary N) is 3. The van der Waals surface area contributed by atoms with E-state index in [0.29, 0.717) is 37.6 Å². The molecule has 0 radical (unpaired) electrons. The molecule has 0 bridgehead atoms. The third kappa shape index (κ3) is 6.84. The van der Waals surface area contributed by atoms with Crippen LogP contribution in [0, 0.1) is 5.92 Å². The number of nitrogens with zero attached hydrogens (tertiary/aromatic N) is 6. The summed E-state index contributed by atoms with van der Waals surface area (Å²) in [6.07, 6.45) is 6.83. The Hall–Kier alpha value is -3.99. The summed E-state index contributed by atoms with van der Waals surface area (Å²) in [5.41, 5.74) is 3.58. The summed E-state index contributed by atoms with van der Waals surface area (Å²) in [7, 11) is 2.15. The number of carbonyl (C=O) groups is 2. The first kappa shape index (κ1) is 28.5. The molecular formula is C30H41N9O2. The van der Waals surface area contributed by atoms with Crippen LogP contribution in [0.3, 0.4) is 0 Å². The minimum Gasteiger partial charge on any atom is -0.351 e. The molecule has 0 spiro atoms. The topological polar surface area (TPSA) is 120 Å². The van der Waals surface area contributed by atoms with Crippen LogP contribution in [-0.4, -0.2) is 80.5 Å². The predicted molar refractivity (Wildman–Crippen MR) is 161 cm³/mol. The average Bonchev–Trinajstić information content (AvgIpc) is 3.41. The van der Waals surface area contributed by atoms with Gasteiger partial charge in [0, 0.05) is 36.9 Å². The van der Waals surface area contributed by atoms with Gasteiger partial charge in [-0.15, -0.1) is 0 Å². The molecule has 5 rings (SSSR count). The summed E-state index contributed by atoms with van der Waals surface area (Å²) in [5.74, 6) is 1.05. The third-order valence-electron chi connectivity index (χ3n) is 7.99. The van der Waals surface area contributed by atoms with Gasteiger partial charge in [-0.3, -0.25) is 9.59 Å². The zero-order valence-electron chi connectivity index (χ0n) is 24.3. The Balaban J connectivity index is 1.28. The van der Waals surface area contributed by atoms with E-state index in [0.717, 1.165) is 61.2 Å². The normalized spacial score (nSPS) is 18.4. The molecule has 2 amide bonds. The number of aromatic nitrogens is 4. The highest BCUT2D eigenvalue weighted by atomic mass is 16.2. The van der Waals surface area contributed by atoms with Crippen molar-refractivity contribution in [2.24, 2.45) is 5.92 Å². The number of piperidine rings is 2. The van der Waals surface area contributed by atoms with Crippen molar-refractivity contribution in [1.29, 1.82) is 0 Å². The van der Waals surface area contributed by atoms with Crippen molar-refractivity contribution in [3.63, 3.8) is 0 Å². The Bertz CT molecular complexity index is 1390. The number of fused-ring (bicyclic) bond motifs is 1. The van der Waals surface area contributed by atoms with Crippen molar-refractivity contribution < 1.29 is 9.59 Å². The largest absolute Gasteiger partial charge is 0.351 e. The van der Waals surface area contributed by atoms with Crippen molar-refractivity contribution in [3.05, 3.63) is 54.2 Å². The molecule has 2 aromatic heterocycles. The Labute approximate surface area is 241 Å². The molecule has 218 valence electrons. The predicted octanol–water partition coefficient (Wildman–Crippen LogP) is 3.73. The zero-order chi connectivity index (χ0) is 28.9. The van der Waals surface area contributed by atoms with Gasteiger partial charge >= 0.3 is 0 Å². The fourth-order valence-electron chi connectivity index (χ4n) is 5.52. The van der Waals surface area contributed by atoms with Crippen LogP contribution in [0.4, 0.5) is 17.6 Å². The molecule has 0 aliphatic carbocycles. The van der Waals surface area contributed by atoms with E-state index in [1.54, 1.807) is 9.42 Å². The molecule has 3 aromatic rings. The lowest BCUT2D eigenvalue weighted by molar-refractivity contribution is -0.130. The van der Waals surface area contributed by atoms with Gasteiger partial charge < -0.3 is 25.8 Å². The third-order valence-corrected chi connectivity index (χ3v) is 7.99. The lowest BCUT2D eigenvalue weighted by Crippen LogP contribution is -2.43. The van der Waals surface area contributed by atoms with Gasteiger partial charge in [-0.1, -0.05) is 32.6 Å².